The summed E-state index contributed by atoms with van der Waals surface area (Å²) in [6, 6.07) is 31.6. The fourth-order valence-corrected chi connectivity index (χ4v) is 5.02. The van der Waals surface area contributed by atoms with Gasteiger partial charge in [0.1, 0.15) is 11.5 Å². The third kappa shape index (κ3) is 4.22. The van der Waals surface area contributed by atoms with Crippen LogP contribution < -0.4 is 9.47 Å². The van der Waals surface area contributed by atoms with Gasteiger partial charge in [0, 0.05) is 10.8 Å². The molecule has 0 saturated carbocycles. The summed E-state index contributed by atoms with van der Waals surface area (Å²) in [7, 11) is 0. The molecule has 0 amide bonds. The zero-order valence-corrected chi connectivity index (χ0v) is 20.2. The van der Waals surface area contributed by atoms with E-state index in [9.17, 15) is 19.8 Å². The Hall–Kier alpha value is -5.10. The Balaban J connectivity index is 1.64. The lowest BCUT2D eigenvalue weighted by atomic mass is 9.93. The average Bonchev–Trinajstić information content (AvgIpc) is 2.94. The number of hydrogen-bond donors (Lipinski definition) is 2. The Bertz CT molecular complexity index is 1750. The first kappa shape index (κ1) is 23.3. The highest BCUT2D eigenvalue weighted by atomic mass is 16.5. The Morgan fingerprint density at radius 3 is 1.34 bits per heavy atom. The molecule has 0 bridgehead atoms. The second-order valence-corrected chi connectivity index (χ2v) is 9.08. The number of carboxylic acids is 2. The number of carboxylic acid groups (broad SMARTS) is 2. The Morgan fingerprint density at radius 2 is 0.921 bits per heavy atom. The summed E-state index contributed by atoms with van der Waals surface area (Å²) in [5.41, 5.74) is 1.59. The molecule has 0 spiro atoms. The largest absolute Gasteiger partial charge is 0.481 e. The first-order chi connectivity index (χ1) is 18.5. The van der Waals surface area contributed by atoms with Crippen molar-refractivity contribution in [3.63, 3.8) is 0 Å². The third-order valence-corrected chi connectivity index (χ3v) is 6.68. The zero-order chi connectivity index (χ0) is 26.2. The van der Waals surface area contributed by atoms with Crippen LogP contribution in [0.2, 0.25) is 0 Å². The Kier molecular flexibility index (Phi) is 5.77. The normalized spacial score (nSPS) is 11.3. The van der Waals surface area contributed by atoms with E-state index in [1.165, 1.54) is 0 Å². The number of hydrogen-bond acceptors (Lipinski definition) is 4. The predicted molar refractivity (Wildman–Crippen MR) is 148 cm³/mol. The summed E-state index contributed by atoms with van der Waals surface area (Å²) >= 11 is 0. The molecule has 0 radical (unpaired) electrons. The Labute approximate surface area is 217 Å². The van der Waals surface area contributed by atoms with Gasteiger partial charge in [0.2, 0.25) is 0 Å². The van der Waals surface area contributed by atoms with E-state index in [2.05, 4.69) is 12.1 Å². The van der Waals surface area contributed by atoms with Crippen LogP contribution in [-0.4, -0.2) is 35.4 Å². The minimum atomic E-state index is -1.06. The molecule has 0 aliphatic heterocycles. The Morgan fingerprint density at radius 1 is 0.500 bits per heavy atom. The second kappa shape index (κ2) is 9.41. The van der Waals surface area contributed by atoms with Gasteiger partial charge in [-0.3, -0.25) is 0 Å². The van der Waals surface area contributed by atoms with Crippen molar-refractivity contribution < 1.29 is 29.3 Å². The smallest absolute Gasteiger partial charge is 0.341 e. The molecule has 2 N–H and O–H groups in total. The molecule has 6 aromatic carbocycles. The molecular weight excluding hydrogens is 480 g/mol. The molecule has 6 nitrogen and oxygen atoms in total. The van der Waals surface area contributed by atoms with Gasteiger partial charge in [-0.1, -0.05) is 72.8 Å². The molecular formula is C32H22O6. The molecule has 0 aliphatic carbocycles. The lowest BCUT2D eigenvalue weighted by molar-refractivity contribution is -0.140. The van der Waals surface area contributed by atoms with Crippen molar-refractivity contribution in [1.29, 1.82) is 0 Å². The maximum Gasteiger partial charge on any atom is 0.341 e. The molecule has 0 aromatic heterocycles. The van der Waals surface area contributed by atoms with Crippen molar-refractivity contribution in [3.8, 4) is 22.6 Å². The average molecular weight is 503 g/mol. The van der Waals surface area contributed by atoms with Crippen LogP contribution >= 0.6 is 0 Å². The zero-order valence-electron chi connectivity index (χ0n) is 20.2. The first-order valence-electron chi connectivity index (χ1n) is 12.1. The molecule has 0 aliphatic rings. The second-order valence-electron chi connectivity index (χ2n) is 9.08. The van der Waals surface area contributed by atoms with Gasteiger partial charge in [0.05, 0.1) is 0 Å². The number of fused-ring (bicyclic) bond motifs is 6. The van der Waals surface area contributed by atoms with Crippen LogP contribution in [0.25, 0.3) is 54.2 Å². The quantitative estimate of drug-likeness (QED) is 0.231. The van der Waals surface area contributed by atoms with Gasteiger partial charge in [0.15, 0.2) is 13.2 Å². The fourth-order valence-electron chi connectivity index (χ4n) is 5.02. The van der Waals surface area contributed by atoms with E-state index in [1.807, 2.05) is 84.9 Å². The topological polar surface area (TPSA) is 93.1 Å². The van der Waals surface area contributed by atoms with Crippen LogP contribution in [0, 0.1) is 0 Å². The summed E-state index contributed by atoms with van der Waals surface area (Å²) in [5.74, 6) is -1.22. The van der Waals surface area contributed by atoms with Crippen LogP contribution in [0.5, 0.6) is 11.5 Å². The fraction of sp³-hybridized carbons (Fsp3) is 0.0625. The van der Waals surface area contributed by atoms with Crippen molar-refractivity contribution in [2.45, 2.75) is 0 Å². The van der Waals surface area contributed by atoms with Gasteiger partial charge in [-0.05, 0) is 67.7 Å². The maximum atomic E-state index is 11.3. The standard InChI is InChI=1S/C32H22O6/c33-31(34)17-37-29-15-21(13-27-23-7-3-1-5-19(23)9-11-25(27)29)22-14-28-24-8-4-2-6-20(24)10-12-26(28)30(16-22)38-18-32(35)36/h1-16H,17-18H2,(H,33,34)(H,35,36). The lowest BCUT2D eigenvalue weighted by Gasteiger charge is -2.16. The molecule has 0 atom stereocenters. The molecule has 0 heterocycles. The number of aliphatic carboxylic acids is 2. The molecule has 6 aromatic rings. The van der Waals surface area contributed by atoms with Crippen molar-refractivity contribution in [3.05, 3.63) is 97.1 Å². The van der Waals surface area contributed by atoms with Gasteiger partial charge < -0.3 is 19.7 Å². The number of benzene rings is 6. The number of rotatable bonds is 7. The molecule has 0 fully saturated rings. The SMILES string of the molecule is O=C(O)COc1cc(-c2cc(OCC(=O)O)c3ccc4ccccc4c3c2)cc2c1ccc1ccccc12. The van der Waals surface area contributed by atoms with Crippen LogP contribution in [-0.2, 0) is 9.59 Å². The van der Waals surface area contributed by atoms with Gasteiger partial charge in [-0.15, -0.1) is 0 Å². The van der Waals surface area contributed by atoms with Crippen LogP contribution in [0.1, 0.15) is 0 Å². The number of carbonyl (C=O) groups is 2. The van der Waals surface area contributed by atoms with Crippen LogP contribution in [0.3, 0.4) is 0 Å². The minimum absolute atomic E-state index is 0.455. The van der Waals surface area contributed by atoms with Gasteiger partial charge in [-0.25, -0.2) is 9.59 Å². The summed E-state index contributed by atoms with van der Waals surface area (Å²) in [6.45, 7) is -0.943. The van der Waals surface area contributed by atoms with Crippen LogP contribution in [0.4, 0.5) is 0 Å². The molecule has 38 heavy (non-hydrogen) atoms. The van der Waals surface area contributed by atoms with Crippen molar-refractivity contribution in [1.82, 2.24) is 0 Å². The van der Waals surface area contributed by atoms with E-state index in [1.54, 1.807) is 0 Å². The molecule has 0 saturated heterocycles. The highest BCUT2D eigenvalue weighted by Crippen LogP contribution is 2.40. The predicted octanol–water partition coefficient (Wildman–Crippen LogP) is 6.89. The van der Waals surface area contributed by atoms with Crippen molar-refractivity contribution in [2.24, 2.45) is 0 Å². The van der Waals surface area contributed by atoms with E-state index in [0.29, 0.717) is 11.5 Å². The summed E-state index contributed by atoms with van der Waals surface area (Å²) < 4.78 is 11.5. The van der Waals surface area contributed by atoms with E-state index >= 15 is 0 Å². The summed E-state index contributed by atoms with van der Waals surface area (Å²) in [6.07, 6.45) is 0. The highest BCUT2D eigenvalue weighted by molar-refractivity contribution is 6.13. The maximum absolute atomic E-state index is 11.3. The molecule has 186 valence electrons. The monoisotopic (exact) mass is 502 g/mol. The van der Waals surface area contributed by atoms with E-state index in [-0.39, 0.29) is 0 Å². The number of ether oxygens (including phenoxy) is 2. The highest BCUT2D eigenvalue weighted by Gasteiger charge is 2.15. The summed E-state index contributed by atoms with van der Waals surface area (Å²) in [4.78, 5) is 22.7. The van der Waals surface area contributed by atoms with Gasteiger partial charge >= 0.3 is 11.9 Å². The van der Waals surface area contributed by atoms with Crippen molar-refractivity contribution in [2.75, 3.05) is 13.2 Å². The van der Waals surface area contributed by atoms with E-state index in [4.69, 9.17) is 9.47 Å². The third-order valence-electron chi connectivity index (χ3n) is 6.68. The van der Waals surface area contributed by atoms with Gasteiger partial charge in [-0.2, -0.15) is 0 Å². The van der Waals surface area contributed by atoms with E-state index in [0.717, 1.165) is 54.2 Å². The van der Waals surface area contributed by atoms with Crippen LogP contribution in [0.15, 0.2) is 97.1 Å². The first-order valence-corrected chi connectivity index (χ1v) is 12.1. The lowest BCUT2D eigenvalue weighted by Crippen LogP contribution is -2.10. The van der Waals surface area contributed by atoms with Gasteiger partial charge in [0.25, 0.3) is 0 Å². The molecule has 6 rings (SSSR count). The van der Waals surface area contributed by atoms with Crippen molar-refractivity contribution >= 4 is 55.0 Å². The van der Waals surface area contributed by atoms with E-state index < -0.39 is 25.2 Å². The minimum Gasteiger partial charge on any atom is -0.481 e. The molecule has 6 heteroatoms. The summed E-state index contributed by atoms with van der Waals surface area (Å²) in [5, 5.41) is 26.1. The molecule has 0 unspecified atom stereocenters.